The van der Waals surface area contributed by atoms with Crippen molar-refractivity contribution in [2.45, 2.75) is 37.0 Å². The van der Waals surface area contributed by atoms with Crippen molar-refractivity contribution in [2.75, 3.05) is 12.0 Å². The minimum Gasteiger partial charge on any atom is -0.323 e. The number of para-hydroxylation sites is 1. The van der Waals surface area contributed by atoms with E-state index in [4.69, 9.17) is 5.84 Å². The van der Waals surface area contributed by atoms with Crippen LogP contribution in [-0.4, -0.2) is 15.0 Å². The fourth-order valence-corrected chi connectivity index (χ4v) is 3.80. The maximum atomic E-state index is 12.2. The number of nitrogen functional groups attached to an aromatic ring is 1. The van der Waals surface area contributed by atoms with E-state index in [0.29, 0.717) is 18.2 Å². The summed E-state index contributed by atoms with van der Waals surface area (Å²) in [6.45, 7) is 0.515. The Bertz CT molecular complexity index is 510. The zero-order valence-electron chi connectivity index (χ0n) is 10.9. The van der Waals surface area contributed by atoms with Gasteiger partial charge in [0, 0.05) is 6.54 Å². The Morgan fingerprint density at radius 2 is 1.84 bits per heavy atom. The van der Waals surface area contributed by atoms with Crippen molar-refractivity contribution >= 4 is 15.7 Å². The molecule has 0 bridgehead atoms. The molecule has 4 N–H and O–H groups in total. The highest BCUT2D eigenvalue weighted by atomic mass is 32.2. The molecule has 0 aliphatic heterocycles. The smallest absolute Gasteiger partial charge is 0.242 e. The average Bonchev–Trinajstić information content (AvgIpc) is 2.46. The molecule has 0 heterocycles. The topological polar surface area (TPSA) is 84.2 Å². The second-order valence-electron chi connectivity index (χ2n) is 5.00. The predicted molar refractivity (Wildman–Crippen MR) is 76.0 cm³/mol. The fraction of sp³-hybridized carbons (Fsp3) is 0.538. The molecule has 1 fully saturated rings. The maximum absolute atomic E-state index is 12.2. The molecule has 1 aliphatic rings. The van der Waals surface area contributed by atoms with Gasteiger partial charge in [-0.2, -0.15) is 0 Å². The predicted octanol–water partition coefficient (Wildman–Crippen LogP) is 1.83. The summed E-state index contributed by atoms with van der Waals surface area (Å²) in [5, 5.41) is 0. The van der Waals surface area contributed by atoms with Crippen molar-refractivity contribution in [1.29, 1.82) is 0 Å². The minimum atomic E-state index is -3.49. The molecule has 1 aromatic carbocycles. The van der Waals surface area contributed by atoms with Gasteiger partial charge in [0.15, 0.2) is 0 Å². The molecule has 0 unspecified atom stereocenters. The SMILES string of the molecule is NNc1ccccc1S(=O)(=O)NCC1CCCCC1. The molecule has 19 heavy (non-hydrogen) atoms. The van der Waals surface area contributed by atoms with Gasteiger partial charge in [0.1, 0.15) is 4.90 Å². The van der Waals surface area contributed by atoms with Crippen LogP contribution in [0.25, 0.3) is 0 Å². The van der Waals surface area contributed by atoms with Crippen LogP contribution in [0.2, 0.25) is 0 Å². The van der Waals surface area contributed by atoms with Crippen molar-refractivity contribution < 1.29 is 8.42 Å². The first-order chi connectivity index (χ1) is 9.13. The molecule has 0 spiro atoms. The number of rotatable bonds is 5. The number of sulfonamides is 1. The number of anilines is 1. The van der Waals surface area contributed by atoms with E-state index in [-0.39, 0.29) is 4.90 Å². The summed E-state index contributed by atoms with van der Waals surface area (Å²) in [6.07, 6.45) is 5.89. The molecule has 0 aromatic heterocycles. The molecule has 0 atom stereocenters. The van der Waals surface area contributed by atoms with Gasteiger partial charge in [0.05, 0.1) is 5.69 Å². The molecular formula is C13H21N3O2S. The molecule has 5 nitrogen and oxygen atoms in total. The quantitative estimate of drug-likeness (QED) is 0.568. The molecular weight excluding hydrogens is 262 g/mol. The van der Waals surface area contributed by atoms with Crippen LogP contribution in [0.4, 0.5) is 5.69 Å². The third-order valence-electron chi connectivity index (χ3n) is 3.62. The third kappa shape index (κ3) is 3.68. The summed E-state index contributed by atoms with van der Waals surface area (Å²) in [4.78, 5) is 0.202. The van der Waals surface area contributed by atoms with Crippen molar-refractivity contribution in [3.8, 4) is 0 Å². The van der Waals surface area contributed by atoms with Gasteiger partial charge in [-0.15, -0.1) is 0 Å². The Morgan fingerprint density at radius 3 is 2.53 bits per heavy atom. The maximum Gasteiger partial charge on any atom is 0.242 e. The van der Waals surface area contributed by atoms with Gasteiger partial charge in [-0.05, 0) is 30.9 Å². The fourth-order valence-electron chi connectivity index (χ4n) is 2.52. The van der Waals surface area contributed by atoms with E-state index >= 15 is 0 Å². The van der Waals surface area contributed by atoms with E-state index in [1.165, 1.54) is 19.3 Å². The van der Waals surface area contributed by atoms with Crippen LogP contribution >= 0.6 is 0 Å². The zero-order valence-corrected chi connectivity index (χ0v) is 11.7. The normalized spacial score (nSPS) is 17.3. The highest BCUT2D eigenvalue weighted by molar-refractivity contribution is 7.89. The average molecular weight is 283 g/mol. The molecule has 0 radical (unpaired) electrons. The van der Waals surface area contributed by atoms with Gasteiger partial charge in [0.25, 0.3) is 0 Å². The van der Waals surface area contributed by atoms with Crippen LogP contribution in [0, 0.1) is 5.92 Å². The summed E-state index contributed by atoms with van der Waals surface area (Å²) in [6, 6.07) is 6.64. The van der Waals surface area contributed by atoms with E-state index in [2.05, 4.69) is 10.1 Å². The first-order valence-corrected chi connectivity index (χ1v) is 8.17. The Hall–Kier alpha value is -1.11. The molecule has 1 aromatic rings. The van der Waals surface area contributed by atoms with Gasteiger partial charge in [-0.25, -0.2) is 13.1 Å². The third-order valence-corrected chi connectivity index (χ3v) is 5.10. The van der Waals surface area contributed by atoms with Crippen molar-refractivity contribution in [3.05, 3.63) is 24.3 Å². The van der Waals surface area contributed by atoms with E-state index in [1.807, 2.05) is 0 Å². The zero-order chi connectivity index (χ0) is 13.7. The van der Waals surface area contributed by atoms with E-state index < -0.39 is 10.0 Å². The first kappa shape index (κ1) is 14.3. The van der Waals surface area contributed by atoms with E-state index in [9.17, 15) is 8.42 Å². The highest BCUT2D eigenvalue weighted by Crippen LogP contribution is 2.24. The van der Waals surface area contributed by atoms with E-state index in [1.54, 1.807) is 24.3 Å². The Labute approximate surface area is 114 Å². The standard InChI is InChI=1S/C13H21N3O2S/c14-16-12-8-4-5-9-13(12)19(17,18)15-10-11-6-2-1-3-7-11/h4-5,8-9,11,15-16H,1-3,6-7,10,14H2. The van der Waals surface area contributed by atoms with Gasteiger partial charge in [-0.3, -0.25) is 5.84 Å². The number of hydrogen-bond acceptors (Lipinski definition) is 4. The lowest BCUT2D eigenvalue weighted by Crippen LogP contribution is -2.31. The molecule has 6 heteroatoms. The summed E-state index contributed by atoms with van der Waals surface area (Å²) < 4.78 is 27.2. The second kappa shape index (κ2) is 6.36. The van der Waals surface area contributed by atoms with Crippen LogP contribution < -0.4 is 16.0 Å². The number of hydrogen-bond donors (Lipinski definition) is 3. The molecule has 106 valence electrons. The second-order valence-corrected chi connectivity index (χ2v) is 6.73. The monoisotopic (exact) mass is 283 g/mol. The van der Waals surface area contributed by atoms with E-state index in [0.717, 1.165) is 12.8 Å². The van der Waals surface area contributed by atoms with Crippen LogP contribution in [0.15, 0.2) is 29.2 Å². The lowest BCUT2D eigenvalue weighted by atomic mass is 9.90. The Morgan fingerprint density at radius 1 is 1.16 bits per heavy atom. The highest BCUT2D eigenvalue weighted by Gasteiger charge is 2.20. The van der Waals surface area contributed by atoms with Crippen molar-refractivity contribution in [2.24, 2.45) is 11.8 Å². The molecule has 0 saturated heterocycles. The van der Waals surface area contributed by atoms with Crippen LogP contribution in [-0.2, 0) is 10.0 Å². The summed E-state index contributed by atoms with van der Waals surface area (Å²) in [7, 11) is -3.49. The van der Waals surface area contributed by atoms with Crippen LogP contribution in [0.3, 0.4) is 0 Å². The molecule has 1 saturated carbocycles. The Balaban J connectivity index is 2.05. The van der Waals surface area contributed by atoms with Gasteiger partial charge >= 0.3 is 0 Å². The largest absolute Gasteiger partial charge is 0.323 e. The van der Waals surface area contributed by atoms with Gasteiger partial charge < -0.3 is 5.43 Å². The van der Waals surface area contributed by atoms with Crippen LogP contribution in [0.1, 0.15) is 32.1 Å². The number of benzene rings is 1. The van der Waals surface area contributed by atoms with Crippen LogP contribution in [0.5, 0.6) is 0 Å². The summed E-state index contributed by atoms with van der Waals surface area (Å²) >= 11 is 0. The van der Waals surface area contributed by atoms with Gasteiger partial charge in [0.2, 0.25) is 10.0 Å². The van der Waals surface area contributed by atoms with Crippen molar-refractivity contribution in [3.63, 3.8) is 0 Å². The number of nitrogens with two attached hydrogens (primary N) is 1. The number of hydrazine groups is 1. The Kier molecular flexibility index (Phi) is 4.79. The summed E-state index contributed by atoms with van der Waals surface area (Å²) in [5.74, 6) is 5.80. The minimum absolute atomic E-state index is 0.202. The summed E-state index contributed by atoms with van der Waals surface area (Å²) in [5.41, 5.74) is 2.84. The lowest BCUT2D eigenvalue weighted by molar-refractivity contribution is 0.357. The van der Waals surface area contributed by atoms with Gasteiger partial charge in [-0.1, -0.05) is 31.4 Å². The first-order valence-electron chi connectivity index (χ1n) is 6.69. The number of nitrogens with one attached hydrogen (secondary N) is 2. The lowest BCUT2D eigenvalue weighted by Gasteiger charge is -2.22. The molecule has 2 rings (SSSR count). The molecule has 1 aliphatic carbocycles. The van der Waals surface area contributed by atoms with Crippen molar-refractivity contribution in [1.82, 2.24) is 4.72 Å². The molecule has 0 amide bonds.